The van der Waals surface area contributed by atoms with Gasteiger partial charge in [0.25, 0.3) is 5.56 Å². The zero-order chi connectivity index (χ0) is 16.5. The summed E-state index contributed by atoms with van der Waals surface area (Å²) in [6, 6.07) is 8.14. The molecule has 0 saturated carbocycles. The molecule has 4 aromatic heterocycles. The molecule has 7 heteroatoms. The fourth-order valence-electron chi connectivity index (χ4n) is 2.55. The van der Waals surface area contributed by atoms with E-state index in [1.165, 1.54) is 16.2 Å². The van der Waals surface area contributed by atoms with Crippen LogP contribution in [0.15, 0.2) is 45.2 Å². The van der Waals surface area contributed by atoms with E-state index in [4.69, 9.17) is 0 Å². The number of H-pyrrole nitrogens is 1. The highest BCUT2D eigenvalue weighted by Crippen LogP contribution is 2.33. The molecule has 1 atom stereocenters. The third-order valence-electron chi connectivity index (χ3n) is 3.82. The fourth-order valence-corrected chi connectivity index (χ4v) is 4.97. The Hall–Kier alpha value is -1.80. The molecule has 0 aliphatic carbocycles. The molecule has 0 bridgehead atoms. The van der Waals surface area contributed by atoms with Crippen molar-refractivity contribution in [1.82, 2.24) is 15.3 Å². The lowest BCUT2D eigenvalue weighted by Crippen LogP contribution is -2.23. The van der Waals surface area contributed by atoms with E-state index in [-0.39, 0.29) is 11.6 Å². The van der Waals surface area contributed by atoms with Crippen LogP contribution in [0.1, 0.15) is 23.7 Å². The molecule has 4 nitrogen and oxygen atoms in total. The number of nitrogens with one attached hydrogen (secondary N) is 2. The summed E-state index contributed by atoms with van der Waals surface area (Å²) in [5.74, 6) is 0.684. The highest BCUT2D eigenvalue weighted by Gasteiger charge is 2.16. The molecule has 0 fully saturated rings. The second kappa shape index (κ2) is 6.60. The van der Waals surface area contributed by atoms with Crippen LogP contribution >= 0.6 is 34.0 Å². The number of rotatable bonds is 5. The summed E-state index contributed by atoms with van der Waals surface area (Å²) >= 11 is 4.88. The van der Waals surface area contributed by atoms with Gasteiger partial charge in [0.15, 0.2) is 0 Å². The molecule has 0 aromatic carbocycles. The molecule has 0 aliphatic rings. The molecule has 4 heterocycles. The third kappa shape index (κ3) is 2.95. The van der Waals surface area contributed by atoms with E-state index in [1.54, 1.807) is 22.7 Å². The van der Waals surface area contributed by atoms with Gasteiger partial charge >= 0.3 is 0 Å². The number of hydrogen-bond donors (Lipinski definition) is 2. The molecule has 4 rings (SSSR count). The molecule has 0 spiro atoms. The standard InChI is InChI=1S/C17H15N3OS3/c1-10(18-8-11-4-2-6-22-11)15-19-16(21)14-12(9-24-17(14)20-15)13-5-3-7-23-13/h2-7,9-10,18H,8H2,1H3,(H,19,20,21)/t10-/m1/s1. The Kier molecular flexibility index (Phi) is 4.32. The second-order valence-electron chi connectivity index (χ2n) is 5.44. The number of aromatic nitrogens is 2. The molecule has 0 saturated heterocycles. The van der Waals surface area contributed by atoms with Crippen LogP contribution in [0, 0.1) is 0 Å². The van der Waals surface area contributed by atoms with Gasteiger partial charge in [0, 0.05) is 27.2 Å². The van der Waals surface area contributed by atoms with Crippen LogP contribution in [-0.2, 0) is 6.54 Å². The zero-order valence-corrected chi connectivity index (χ0v) is 15.4. The summed E-state index contributed by atoms with van der Waals surface area (Å²) in [5, 5.41) is 10.2. The van der Waals surface area contributed by atoms with Crippen molar-refractivity contribution in [1.29, 1.82) is 0 Å². The van der Waals surface area contributed by atoms with E-state index >= 15 is 0 Å². The van der Waals surface area contributed by atoms with Crippen LogP contribution in [-0.4, -0.2) is 9.97 Å². The smallest absolute Gasteiger partial charge is 0.260 e. The Morgan fingerprint density at radius 1 is 1.21 bits per heavy atom. The van der Waals surface area contributed by atoms with E-state index in [0.29, 0.717) is 11.2 Å². The van der Waals surface area contributed by atoms with Gasteiger partial charge in [-0.05, 0) is 29.8 Å². The van der Waals surface area contributed by atoms with E-state index in [9.17, 15) is 4.79 Å². The SMILES string of the molecule is C[C@@H](NCc1cccs1)c1nc2scc(-c3cccs3)c2c(=O)[nH]1. The van der Waals surface area contributed by atoms with Crippen molar-refractivity contribution in [3.05, 3.63) is 61.5 Å². The maximum absolute atomic E-state index is 12.6. The Morgan fingerprint density at radius 3 is 2.79 bits per heavy atom. The lowest BCUT2D eigenvalue weighted by atomic mass is 10.2. The third-order valence-corrected chi connectivity index (χ3v) is 6.47. The predicted octanol–water partition coefficient (Wildman–Crippen LogP) is 4.63. The molecular weight excluding hydrogens is 358 g/mol. The summed E-state index contributed by atoms with van der Waals surface area (Å²) in [4.78, 5) is 23.4. The minimum atomic E-state index is -0.0653. The maximum atomic E-state index is 12.6. The lowest BCUT2D eigenvalue weighted by Gasteiger charge is -2.12. The molecule has 4 aromatic rings. The van der Waals surface area contributed by atoms with Crippen molar-refractivity contribution in [2.75, 3.05) is 0 Å². The first-order valence-corrected chi connectivity index (χ1v) is 10.2. The Morgan fingerprint density at radius 2 is 2.04 bits per heavy atom. The topological polar surface area (TPSA) is 57.8 Å². The zero-order valence-electron chi connectivity index (χ0n) is 12.9. The van der Waals surface area contributed by atoms with Crippen LogP contribution in [0.25, 0.3) is 20.7 Å². The van der Waals surface area contributed by atoms with Gasteiger partial charge in [0.05, 0.1) is 11.4 Å². The molecule has 0 unspecified atom stereocenters. The van der Waals surface area contributed by atoms with E-state index < -0.39 is 0 Å². The first-order valence-electron chi connectivity index (χ1n) is 7.53. The summed E-state index contributed by atoms with van der Waals surface area (Å²) < 4.78 is 0. The molecule has 0 aliphatic heterocycles. The van der Waals surface area contributed by atoms with E-state index in [0.717, 1.165) is 21.8 Å². The fraction of sp³-hybridized carbons (Fsp3) is 0.176. The average molecular weight is 374 g/mol. The average Bonchev–Trinajstić information content (AvgIpc) is 3.31. The largest absolute Gasteiger partial charge is 0.309 e. The van der Waals surface area contributed by atoms with Crippen LogP contribution in [0.5, 0.6) is 0 Å². The second-order valence-corrected chi connectivity index (χ2v) is 8.28. The minimum Gasteiger partial charge on any atom is -0.309 e. The molecule has 24 heavy (non-hydrogen) atoms. The molecule has 122 valence electrons. The van der Waals surface area contributed by atoms with Gasteiger partial charge in [0.1, 0.15) is 10.7 Å². The summed E-state index contributed by atoms with van der Waals surface area (Å²) in [6.07, 6.45) is 0. The molecule has 0 amide bonds. The number of fused-ring (bicyclic) bond motifs is 1. The van der Waals surface area contributed by atoms with Crippen molar-refractivity contribution < 1.29 is 0 Å². The van der Waals surface area contributed by atoms with Gasteiger partial charge in [-0.15, -0.1) is 34.0 Å². The minimum absolute atomic E-state index is 0.0171. The normalized spacial score (nSPS) is 12.7. The van der Waals surface area contributed by atoms with Gasteiger partial charge in [-0.25, -0.2) is 4.98 Å². The van der Waals surface area contributed by atoms with Gasteiger partial charge < -0.3 is 10.3 Å². The summed E-state index contributed by atoms with van der Waals surface area (Å²) in [7, 11) is 0. The van der Waals surface area contributed by atoms with Crippen molar-refractivity contribution >= 4 is 44.2 Å². The Bertz CT molecular complexity index is 1000. The van der Waals surface area contributed by atoms with Crippen LogP contribution < -0.4 is 10.9 Å². The molecular formula is C17H15N3OS3. The van der Waals surface area contributed by atoms with Crippen molar-refractivity contribution in [2.24, 2.45) is 0 Å². The Balaban J connectivity index is 1.65. The Labute approximate surface area is 150 Å². The maximum Gasteiger partial charge on any atom is 0.260 e. The van der Waals surface area contributed by atoms with Gasteiger partial charge in [0.2, 0.25) is 0 Å². The first-order chi connectivity index (χ1) is 11.7. The van der Waals surface area contributed by atoms with Gasteiger partial charge in [-0.2, -0.15) is 0 Å². The summed E-state index contributed by atoms with van der Waals surface area (Å²) in [6.45, 7) is 2.79. The highest BCUT2D eigenvalue weighted by molar-refractivity contribution is 7.18. The molecule has 0 radical (unpaired) electrons. The monoisotopic (exact) mass is 373 g/mol. The van der Waals surface area contributed by atoms with Crippen molar-refractivity contribution in [2.45, 2.75) is 19.5 Å². The van der Waals surface area contributed by atoms with Crippen molar-refractivity contribution in [3.8, 4) is 10.4 Å². The molecule has 2 N–H and O–H groups in total. The van der Waals surface area contributed by atoms with Gasteiger partial charge in [-0.1, -0.05) is 12.1 Å². The van der Waals surface area contributed by atoms with Crippen LogP contribution in [0.3, 0.4) is 0 Å². The quantitative estimate of drug-likeness (QED) is 0.536. The van der Waals surface area contributed by atoms with Crippen molar-refractivity contribution in [3.63, 3.8) is 0 Å². The number of thiophene rings is 3. The highest BCUT2D eigenvalue weighted by atomic mass is 32.1. The first kappa shape index (κ1) is 15.7. The summed E-state index contributed by atoms with van der Waals surface area (Å²) in [5.41, 5.74) is 0.911. The van der Waals surface area contributed by atoms with Crippen LogP contribution in [0.4, 0.5) is 0 Å². The van der Waals surface area contributed by atoms with Crippen LogP contribution in [0.2, 0.25) is 0 Å². The predicted molar refractivity (Wildman–Crippen MR) is 103 cm³/mol. The number of hydrogen-bond acceptors (Lipinski definition) is 6. The number of nitrogens with zero attached hydrogens (tertiary/aromatic N) is 1. The number of aromatic amines is 1. The van der Waals surface area contributed by atoms with Gasteiger partial charge in [-0.3, -0.25) is 4.79 Å². The van der Waals surface area contributed by atoms with E-state index in [2.05, 4.69) is 26.7 Å². The van der Waals surface area contributed by atoms with E-state index in [1.807, 2.05) is 35.9 Å². The lowest BCUT2D eigenvalue weighted by molar-refractivity contribution is 0.550.